The van der Waals surface area contributed by atoms with Crippen LogP contribution in [-0.2, 0) is 6.54 Å². The molecule has 1 amide bonds. The molecule has 0 atom stereocenters. The third kappa shape index (κ3) is 3.79. The first-order valence-corrected chi connectivity index (χ1v) is 8.39. The van der Waals surface area contributed by atoms with Crippen LogP contribution < -0.4 is 9.47 Å². The minimum atomic E-state index is -0.0267. The molecule has 1 aliphatic heterocycles. The third-order valence-electron chi connectivity index (χ3n) is 4.60. The van der Waals surface area contributed by atoms with Crippen LogP contribution in [0.5, 0.6) is 11.5 Å². The van der Waals surface area contributed by atoms with Crippen molar-refractivity contribution in [1.29, 1.82) is 0 Å². The van der Waals surface area contributed by atoms with Gasteiger partial charge in [-0.25, -0.2) is 0 Å². The first-order chi connectivity index (χ1) is 12.1. The Morgan fingerprint density at radius 2 is 1.88 bits per heavy atom. The van der Waals surface area contributed by atoms with Gasteiger partial charge in [-0.15, -0.1) is 0 Å². The molecule has 0 N–H and O–H groups in total. The quantitative estimate of drug-likeness (QED) is 0.834. The van der Waals surface area contributed by atoms with Gasteiger partial charge in [-0.2, -0.15) is 0 Å². The molecule has 0 spiro atoms. The summed E-state index contributed by atoms with van der Waals surface area (Å²) in [7, 11) is 3.33. The minimum Gasteiger partial charge on any atom is -0.497 e. The highest BCUT2D eigenvalue weighted by Crippen LogP contribution is 2.25. The SMILES string of the molecule is COc1ccc(OC)c(CN2CCN(C(=O)c3occc3C)CC2)c1. The number of ether oxygens (including phenoxy) is 2. The van der Waals surface area contributed by atoms with Crippen LogP contribution in [-0.4, -0.2) is 56.1 Å². The van der Waals surface area contributed by atoms with Gasteiger partial charge in [-0.3, -0.25) is 9.69 Å². The molecule has 2 heterocycles. The number of benzene rings is 1. The second kappa shape index (κ2) is 7.61. The molecule has 3 rings (SSSR count). The van der Waals surface area contributed by atoms with Crippen molar-refractivity contribution in [1.82, 2.24) is 9.80 Å². The van der Waals surface area contributed by atoms with E-state index in [-0.39, 0.29) is 5.91 Å². The zero-order valence-electron chi connectivity index (χ0n) is 14.9. The molecule has 1 aromatic carbocycles. The highest BCUT2D eigenvalue weighted by Gasteiger charge is 2.25. The number of furan rings is 1. The number of carbonyl (C=O) groups is 1. The van der Waals surface area contributed by atoms with E-state index >= 15 is 0 Å². The van der Waals surface area contributed by atoms with Gasteiger partial charge in [0.2, 0.25) is 0 Å². The minimum absolute atomic E-state index is 0.0267. The fraction of sp³-hybridized carbons (Fsp3) is 0.421. The lowest BCUT2D eigenvalue weighted by Gasteiger charge is -2.34. The number of methoxy groups -OCH3 is 2. The molecule has 0 aliphatic carbocycles. The van der Waals surface area contributed by atoms with Crippen molar-refractivity contribution < 1.29 is 18.7 Å². The van der Waals surface area contributed by atoms with Gasteiger partial charge in [-0.1, -0.05) is 0 Å². The fourth-order valence-electron chi connectivity index (χ4n) is 3.09. The fourth-order valence-corrected chi connectivity index (χ4v) is 3.09. The first-order valence-electron chi connectivity index (χ1n) is 8.39. The molecule has 0 radical (unpaired) electrons. The van der Waals surface area contributed by atoms with Crippen LogP contribution in [0.15, 0.2) is 34.9 Å². The van der Waals surface area contributed by atoms with E-state index in [0.717, 1.165) is 42.3 Å². The van der Waals surface area contributed by atoms with Gasteiger partial charge in [0.15, 0.2) is 5.76 Å². The number of hydrogen-bond donors (Lipinski definition) is 0. The van der Waals surface area contributed by atoms with Crippen LogP contribution in [0, 0.1) is 6.92 Å². The molecule has 1 aliphatic rings. The molecule has 0 bridgehead atoms. The van der Waals surface area contributed by atoms with Crippen molar-refractivity contribution in [2.45, 2.75) is 13.5 Å². The Morgan fingerprint density at radius 3 is 2.48 bits per heavy atom. The summed E-state index contributed by atoms with van der Waals surface area (Å²) in [6.07, 6.45) is 1.56. The van der Waals surface area contributed by atoms with Crippen molar-refractivity contribution in [3.63, 3.8) is 0 Å². The lowest BCUT2D eigenvalue weighted by Crippen LogP contribution is -2.48. The van der Waals surface area contributed by atoms with E-state index in [0.29, 0.717) is 18.8 Å². The maximum atomic E-state index is 12.5. The average molecular weight is 344 g/mol. The summed E-state index contributed by atoms with van der Waals surface area (Å²) in [6, 6.07) is 7.64. The normalized spacial score (nSPS) is 15.2. The number of nitrogens with zero attached hydrogens (tertiary/aromatic N) is 2. The Hall–Kier alpha value is -2.47. The van der Waals surface area contributed by atoms with Gasteiger partial charge in [0.1, 0.15) is 11.5 Å². The molecule has 6 nitrogen and oxygen atoms in total. The molecular weight excluding hydrogens is 320 g/mol. The third-order valence-corrected chi connectivity index (χ3v) is 4.60. The summed E-state index contributed by atoms with van der Waals surface area (Å²) < 4.78 is 16.1. The van der Waals surface area contributed by atoms with E-state index in [2.05, 4.69) is 4.90 Å². The van der Waals surface area contributed by atoms with Crippen LogP contribution in [0.2, 0.25) is 0 Å². The summed E-state index contributed by atoms with van der Waals surface area (Å²) in [6.45, 7) is 5.65. The smallest absolute Gasteiger partial charge is 0.289 e. The van der Waals surface area contributed by atoms with Crippen LogP contribution in [0.3, 0.4) is 0 Å². The number of hydrogen-bond acceptors (Lipinski definition) is 5. The summed E-state index contributed by atoms with van der Waals surface area (Å²) in [5.74, 6) is 2.09. The van der Waals surface area contributed by atoms with E-state index in [1.165, 1.54) is 0 Å². The van der Waals surface area contributed by atoms with Crippen LogP contribution in [0.1, 0.15) is 21.7 Å². The summed E-state index contributed by atoms with van der Waals surface area (Å²) in [4.78, 5) is 16.7. The molecular formula is C19H24N2O4. The lowest BCUT2D eigenvalue weighted by molar-refractivity contribution is 0.0596. The number of rotatable bonds is 5. The van der Waals surface area contributed by atoms with Gasteiger partial charge in [0.05, 0.1) is 20.5 Å². The number of piperazine rings is 1. The van der Waals surface area contributed by atoms with Crippen molar-refractivity contribution in [3.05, 3.63) is 47.4 Å². The molecule has 1 saturated heterocycles. The number of amides is 1. The Balaban J connectivity index is 1.61. The zero-order valence-corrected chi connectivity index (χ0v) is 14.9. The predicted molar refractivity (Wildman–Crippen MR) is 94.2 cm³/mol. The Morgan fingerprint density at radius 1 is 1.12 bits per heavy atom. The van der Waals surface area contributed by atoms with E-state index in [1.54, 1.807) is 20.5 Å². The van der Waals surface area contributed by atoms with Crippen molar-refractivity contribution in [3.8, 4) is 11.5 Å². The molecule has 2 aromatic rings. The Labute approximate surface area is 147 Å². The highest BCUT2D eigenvalue weighted by atomic mass is 16.5. The predicted octanol–water partition coefficient (Wildman–Crippen LogP) is 2.56. The topological polar surface area (TPSA) is 55.2 Å². The van der Waals surface area contributed by atoms with Crippen LogP contribution >= 0.6 is 0 Å². The van der Waals surface area contributed by atoms with E-state index < -0.39 is 0 Å². The Kier molecular flexibility index (Phi) is 5.28. The molecule has 1 aromatic heterocycles. The van der Waals surface area contributed by atoms with E-state index in [1.807, 2.05) is 36.1 Å². The monoisotopic (exact) mass is 344 g/mol. The largest absolute Gasteiger partial charge is 0.497 e. The molecule has 0 unspecified atom stereocenters. The van der Waals surface area contributed by atoms with Gasteiger partial charge >= 0.3 is 0 Å². The maximum absolute atomic E-state index is 12.5. The summed E-state index contributed by atoms with van der Waals surface area (Å²) in [5, 5.41) is 0. The van der Waals surface area contributed by atoms with Crippen LogP contribution in [0.25, 0.3) is 0 Å². The van der Waals surface area contributed by atoms with Gasteiger partial charge < -0.3 is 18.8 Å². The van der Waals surface area contributed by atoms with Crippen LogP contribution in [0.4, 0.5) is 0 Å². The number of aryl methyl sites for hydroxylation is 1. The highest BCUT2D eigenvalue weighted by molar-refractivity contribution is 5.92. The zero-order chi connectivity index (χ0) is 17.8. The maximum Gasteiger partial charge on any atom is 0.289 e. The van der Waals surface area contributed by atoms with Gasteiger partial charge in [0, 0.05) is 43.9 Å². The van der Waals surface area contributed by atoms with E-state index in [4.69, 9.17) is 13.9 Å². The summed E-state index contributed by atoms with van der Waals surface area (Å²) >= 11 is 0. The average Bonchev–Trinajstić information content (AvgIpc) is 3.07. The van der Waals surface area contributed by atoms with Crippen molar-refractivity contribution in [2.24, 2.45) is 0 Å². The standard InChI is InChI=1S/C19H24N2O4/c1-14-6-11-25-18(14)19(22)21-9-7-20(8-10-21)13-15-12-16(23-2)4-5-17(15)24-3/h4-6,11-12H,7-10,13H2,1-3H3. The Bertz CT molecular complexity index is 733. The lowest BCUT2D eigenvalue weighted by atomic mass is 10.1. The first kappa shape index (κ1) is 17.4. The molecule has 6 heteroatoms. The molecule has 25 heavy (non-hydrogen) atoms. The van der Waals surface area contributed by atoms with Crippen molar-refractivity contribution in [2.75, 3.05) is 40.4 Å². The second-order valence-corrected chi connectivity index (χ2v) is 6.18. The van der Waals surface area contributed by atoms with Crippen molar-refractivity contribution >= 4 is 5.91 Å². The van der Waals surface area contributed by atoms with Gasteiger partial charge in [0.25, 0.3) is 5.91 Å². The second-order valence-electron chi connectivity index (χ2n) is 6.18. The molecule has 0 saturated carbocycles. The molecule has 1 fully saturated rings. The molecule has 134 valence electrons. The van der Waals surface area contributed by atoms with Gasteiger partial charge in [-0.05, 0) is 31.2 Å². The summed E-state index contributed by atoms with van der Waals surface area (Å²) in [5.41, 5.74) is 1.97. The number of carbonyl (C=O) groups excluding carboxylic acids is 1. The van der Waals surface area contributed by atoms with E-state index in [9.17, 15) is 4.79 Å².